The van der Waals surface area contributed by atoms with Crippen LogP contribution in [0.5, 0.6) is 0 Å². The zero-order valence-corrected chi connectivity index (χ0v) is 13.1. The second-order valence-electron chi connectivity index (χ2n) is 6.93. The Labute approximate surface area is 114 Å². The molecule has 0 spiro atoms. The topological polar surface area (TPSA) is 29.3 Å². The molecular weight excluding hydrogens is 232 g/mol. The molecular formula is C14H31ClN2. The average Bonchev–Trinajstić information content (AvgIpc) is 2.20. The Hall–Kier alpha value is 0.210. The lowest BCUT2D eigenvalue weighted by Crippen LogP contribution is -2.52. The van der Waals surface area contributed by atoms with Gasteiger partial charge in [-0.1, -0.05) is 41.0 Å². The number of hydrogen-bond donors (Lipinski definition) is 1. The van der Waals surface area contributed by atoms with Crippen molar-refractivity contribution in [2.24, 2.45) is 16.6 Å². The summed E-state index contributed by atoms with van der Waals surface area (Å²) in [6.07, 6.45) is 3.72. The van der Waals surface area contributed by atoms with E-state index in [4.69, 9.17) is 5.73 Å². The van der Waals surface area contributed by atoms with Gasteiger partial charge in [0.25, 0.3) is 0 Å². The van der Waals surface area contributed by atoms with Crippen molar-refractivity contribution in [3.05, 3.63) is 0 Å². The van der Waals surface area contributed by atoms with Gasteiger partial charge in [0, 0.05) is 12.6 Å². The van der Waals surface area contributed by atoms with Gasteiger partial charge < -0.3 is 10.6 Å². The molecule has 1 heterocycles. The average molecular weight is 263 g/mol. The van der Waals surface area contributed by atoms with E-state index in [0.29, 0.717) is 11.5 Å². The minimum Gasteiger partial charge on any atom is -0.327 e. The standard InChI is InChI=1S/C14H30N2.ClH/c1-6-13(2,3)8-10-16-9-7-12(15)14(4,5)11-16;/h12H,6-11,15H2,1-5H3;1H. The van der Waals surface area contributed by atoms with Crippen LogP contribution >= 0.6 is 12.4 Å². The molecule has 1 unspecified atom stereocenters. The zero-order valence-electron chi connectivity index (χ0n) is 12.3. The number of halogens is 1. The van der Waals surface area contributed by atoms with Gasteiger partial charge >= 0.3 is 0 Å². The van der Waals surface area contributed by atoms with Crippen molar-refractivity contribution in [3.63, 3.8) is 0 Å². The predicted molar refractivity (Wildman–Crippen MR) is 78.8 cm³/mol. The third kappa shape index (κ3) is 5.15. The van der Waals surface area contributed by atoms with E-state index in [1.54, 1.807) is 0 Å². The van der Waals surface area contributed by atoms with Crippen LogP contribution in [0.1, 0.15) is 53.9 Å². The minimum absolute atomic E-state index is 0. The highest BCUT2D eigenvalue weighted by molar-refractivity contribution is 5.85. The molecule has 1 fully saturated rings. The van der Waals surface area contributed by atoms with Crippen molar-refractivity contribution in [1.82, 2.24) is 4.90 Å². The fraction of sp³-hybridized carbons (Fsp3) is 1.00. The normalized spacial score (nSPS) is 25.4. The molecule has 2 nitrogen and oxygen atoms in total. The third-order valence-corrected chi connectivity index (χ3v) is 4.45. The van der Waals surface area contributed by atoms with Crippen LogP contribution in [0.4, 0.5) is 0 Å². The van der Waals surface area contributed by atoms with E-state index in [0.717, 1.165) is 13.0 Å². The third-order valence-electron chi connectivity index (χ3n) is 4.45. The molecule has 0 aromatic carbocycles. The maximum atomic E-state index is 6.16. The predicted octanol–water partition coefficient (Wildman–Crippen LogP) is 3.29. The molecule has 2 N–H and O–H groups in total. The molecule has 1 atom stereocenters. The molecule has 0 aromatic rings. The van der Waals surface area contributed by atoms with Crippen LogP contribution in [0.2, 0.25) is 0 Å². The SMILES string of the molecule is CCC(C)(C)CCN1CCC(N)C(C)(C)C1.Cl. The summed E-state index contributed by atoms with van der Waals surface area (Å²) in [6, 6.07) is 0.378. The number of nitrogens with two attached hydrogens (primary N) is 1. The first-order valence-corrected chi connectivity index (χ1v) is 6.75. The van der Waals surface area contributed by atoms with Gasteiger partial charge in [0.15, 0.2) is 0 Å². The molecule has 0 aromatic heterocycles. The van der Waals surface area contributed by atoms with Gasteiger partial charge in [-0.2, -0.15) is 0 Å². The van der Waals surface area contributed by atoms with Crippen LogP contribution in [0.25, 0.3) is 0 Å². The molecule has 0 amide bonds. The Morgan fingerprint density at radius 2 is 1.94 bits per heavy atom. The van der Waals surface area contributed by atoms with Gasteiger partial charge in [0.1, 0.15) is 0 Å². The molecule has 1 aliphatic heterocycles. The van der Waals surface area contributed by atoms with Crippen molar-refractivity contribution in [2.45, 2.75) is 59.9 Å². The second-order valence-corrected chi connectivity index (χ2v) is 6.93. The summed E-state index contributed by atoms with van der Waals surface area (Å²) < 4.78 is 0. The van der Waals surface area contributed by atoms with Crippen molar-refractivity contribution in [1.29, 1.82) is 0 Å². The van der Waals surface area contributed by atoms with Gasteiger partial charge in [0.2, 0.25) is 0 Å². The maximum absolute atomic E-state index is 6.16. The number of nitrogens with zero attached hydrogens (tertiary/aromatic N) is 1. The van der Waals surface area contributed by atoms with Crippen LogP contribution in [-0.2, 0) is 0 Å². The lowest BCUT2D eigenvalue weighted by Gasteiger charge is -2.43. The van der Waals surface area contributed by atoms with Crippen molar-refractivity contribution >= 4 is 12.4 Å². The largest absolute Gasteiger partial charge is 0.327 e. The van der Waals surface area contributed by atoms with Gasteiger partial charge in [0.05, 0.1) is 0 Å². The Kier molecular flexibility index (Phi) is 6.48. The van der Waals surface area contributed by atoms with E-state index in [1.165, 1.54) is 25.9 Å². The number of likely N-dealkylation sites (tertiary alicyclic amines) is 1. The van der Waals surface area contributed by atoms with Crippen LogP contribution in [0.3, 0.4) is 0 Å². The molecule has 3 heteroatoms. The monoisotopic (exact) mass is 262 g/mol. The van der Waals surface area contributed by atoms with Crippen LogP contribution < -0.4 is 5.73 Å². The first kappa shape index (κ1) is 17.2. The van der Waals surface area contributed by atoms with E-state index in [-0.39, 0.29) is 17.8 Å². The van der Waals surface area contributed by atoms with Crippen LogP contribution in [0, 0.1) is 10.8 Å². The van der Waals surface area contributed by atoms with E-state index >= 15 is 0 Å². The summed E-state index contributed by atoms with van der Waals surface area (Å²) in [6.45, 7) is 15.2. The van der Waals surface area contributed by atoms with Gasteiger partial charge in [-0.15, -0.1) is 12.4 Å². The summed E-state index contributed by atoms with van der Waals surface area (Å²) in [4.78, 5) is 2.60. The molecule has 1 rings (SSSR count). The van der Waals surface area contributed by atoms with E-state index in [1.807, 2.05) is 0 Å². The zero-order chi connectivity index (χ0) is 12.4. The molecule has 0 saturated carbocycles. The van der Waals surface area contributed by atoms with E-state index < -0.39 is 0 Å². The smallest absolute Gasteiger partial charge is 0.0115 e. The molecule has 0 radical (unpaired) electrons. The second kappa shape index (κ2) is 6.40. The molecule has 0 aliphatic carbocycles. The Morgan fingerprint density at radius 1 is 1.35 bits per heavy atom. The lowest BCUT2D eigenvalue weighted by molar-refractivity contribution is 0.0839. The Bertz CT molecular complexity index is 226. The highest BCUT2D eigenvalue weighted by Gasteiger charge is 2.33. The van der Waals surface area contributed by atoms with Gasteiger partial charge in [-0.05, 0) is 36.8 Å². The first-order valence-electron chi connectivity index (χ1n) is 6.75. The summed E-state index contributed by atoms with van der Waals surface area (Å²) in [5, 5.41) is 0. The number of rotatable bonds is 4. The van der Waals surface area contributed by atoms with Crippen molar-refractivity contribution < 1.29 is 0 Å². The van der Waals surface area contributed by atoms with E-state index in [2.05, 4.69) is 39.5 Å². The molecule has 1 saturated heterocycles. The van der Waals surface area contributed by atoms with E-state index in [9.17, 15) is 0 Å². The summed E-state index contributed by atoms with van der Waals surface area (Å²) in [7, 11) is 0. The molecule has 1 aliphatic rings. The molecule has 104 valence electrons. The molecule has 17 heavy (non-hydrogen) atoms. The fourth-order valence-electron chi connectivity index (χ4n) is 2.31. The first-order chi connectivity index (χ1) is 7.27. The Balaban J connectivity index is 0.00000256. The lowest BCUT2D eigenvalue weighted by atomic mass is 9.79. The van der Waals surface area contributed by atoms with Gasteiger partial charge in [-0.25, -0.2) is 0 Å². The molecule has 0 bridgehead atoms. The fourth-order valence-corrected chi connectivity index (χ4v) is 2.31. The minimum atomic E-state index is 0. The maximum Gasteiger partial charge on any atom is 0.0115 e. The van der Waals surface area contributed by atoms with Crippen LogP contribution in [0.15, 0.2) is 0 Å². The number of hydrogen-bond acceptors (Lipinski definition) is 2. The Morgan fingerprint density at radius 3 is 2.41 bits per heavy atom. The summed E-state index contributed by atoms with van der Waals surface area (Å²) >= 11 is 0. The highest BCUT2D eigenvalue weighted by atomic mass is 35.5. The van der Waals surface area contributed by atoms with Crippen molar-refractivity contribution in [3.8, 4) is 0 Å². The van der Waals surface area contributed by atoms with Crippen LogP contribution in [-0.4, -0.2) is 30.6 Å². The quantitative estimate of drug-likeness (QED) is 0.843. The van der Waals surface area contributed by atoms with Gasteiger partial charge in [-0.3, -0.25) is 0 Å². The highest BCUT2D eigenvalue weighted by Crippen LogP contribution is 2.30. The summed E-state index contributed by atoms with van der Waals surface area (Å²) in [5.74, 6) is 0. The summed E-state index contributed by atoms with van der Waals surface area (Å²) in [5.41, 5.74) is 6.93. The van der Waals surface area contributed by atoms with Crippen molar-refractivity contribution in [2.75, 3.05) is 19.6 Å². The number of piperidine rings is 1.